The molecule has 0 heterocycles. The van der Waals surface area contributed by atoms with Gasteiger partial charge in [-0.25, -0.2) is 0 Å². The van der Waals surface area contributed by atoms with E-state index in [1.807, 2.05) is 19.9 Å². The third-order valence-corrected chi connectivity index (χ3v) is 2.42. The van der Waals surface area contributed by atoms with Gasteiger partial charge in [-0.05, 0) is 18.9 Å². The molecule has 0 aromatic heterocycles. The first-order valence-electron chi connectivity index (χ1n) is 6.00. The lowest BCUT2D eigenvalue weighted by atomic mass is 10.2. The van der Waals surface area contributed by atoms with Gasteiger partial charge in [0.2, 0.25) is 0 Å². The first-order chi connectivity index (χ1) is 8.47. The van der Waals surface area contributed by atoms with Crippen molar-refractivity contribution in [1.82, 2.24) is 4.90 Å². The number of rotatable bonds is 6. The summed E-state index contributed by atoms with van der Waals surface area (Å²) in [6.07, 6.45) is 5.23. The molecule has 0 aliphatic carbocycles. The van der Waals surface area contributed by atoms with Crippen LogP contribution in [0.1, 0.15) is 26.7 Å². The first kappa shape index (κ1) is 16.1. The molecule has 0 spiro atoms. The van der Waals surface area contributed by atoms with Crippen molar-refractivity contribution in [2.45, 2.75) is 26.7 Å². The Kier molecular flexibility index (Phi) is 7.35. The molecule has 5 nitrogen and oxygen atoms in total. The molecule has 0 saturated heterocycles. The molecule has 0 fully saturated rings. The normalized spacial score (nSPS) is 11.6. The van der Waals surface area contributed by atoms with Gasteiger partial charge in [-0.3, -0.25) is 20.7 Å². The molecule has 0 atom stereocenters. The number of nitrogens with zero attached hydrogens (tertiary/aromatic N) is 2. The van der Waals surface area contributed by atoms with Gasteiger partial charge in [0.05, 0.1) is 5.71 Å². The number of allylic oxidation sites excluding steroid dienone is 2. The second kappa shape index (κ2) is 8.22. The van der Waals surface area contributed by atoms with Crippen LogP contribution in [0.3, 0.4) is 0 Å². The number of nitrogens with two attached hydrogens (primary N) is 1. The molecule has 4 N–H and O–H groups in total. The van der Waals surface area contributed by atoms with Gasteiger partial charge in [0, 0.05) is 13.6 Å². The maximum absolute atomic E-state index is 8.03. The predicted octanol–water partition coefficient (Wildman–Crippen LogP) is 2.16. The Balaban J connectivity index is 4.95. The van der Waals surface area contributed by atoms with Crippen LogP contribution in [0.25, 0.3) is 0 Å². The molecular formula is C13H23N5. The van der Waals surface area contributed by atoms with Gasteiger partial charge in [0.1, 0.15) is 0 Å². The second-order valence-electron chi connectivity index (χ2n) is 3.84. The first-order valence-corrected chi connectivity index (χ1v) is 6.00. The molecule has 0 aliphatic rings. The third-order valence-electron chi connectivity index (χ3n) is 2.42. The highest BCUT2D eigenvalue weighted by atomic mass is 15.3. The fourth-order valence-corrected chi connectivity index (χ4v) is 1.29. The molecule has 0 aromatic carbocycles. The Labute approximate surface area is 109 Å². The van der Waals surface area contributed by atoms with Crippen molar-refractivity contribution < 1.29 is 0 Å². The van der Waals surface area contributed by atoms with Crippen molar-refractivity contribution in [1.29, 1.82) is 10.8 Å². The van der Waals surface area contributed by atoms with Crippen molar-refractivity contribution in [2.24, 2.45) is 10.7 Å². The summed E-state index contributed by atoms with van der Waals surface area (Å²) in [5.74, 6) is 0.0118. The summed E-state index contributed by atoms with van der Waals surface area (Å²) in [7, 11) is 1.62. The van der Waals surface area contributed by atoms with Gasteiger partial charge < -0.3 is 5.73 Å². The predicted molar refractivity (Wildman–Crippen MR) is 78.6 cm³/mol. The molecule has 0 aliphatic heterocycles. The standard InChI is InChI=1S/C13H23N5/c1-5-9-18(13(15)16)12(14)11(17-4)8-7-10(3)6-2/h7-8,14H,3,5-6,9H2,1-2,4H3,(H3,15,16). The lowest BCUT2D eigenvalue weighted by molar-refractivity contribution is 0.587. The number of nitrogens with one attached hydrogen (secondary N) is 2. The van der Waals surface area contributed by atoms with Gasteiger partial charge in [-0.1, -0.05) is 32.1 Å². The fraction of sp³-hybridized carbons (Fsp3) is 0.462. The van der Waals surface area contributed by atoms with E-state index in [4.69, 9.17) is 16.6 Å². The summed E-state index contributed by atoms with van der Waals surface area (Å²) in [5, 5.41) is 15.5. The lowest BCUT2D eigenvalue weighted by Crippen LogP contribution is -2.44. The van der Waals surface area contributed by atoms with Crippen molar-refractivity contribution in [3.8, 4) is 0 Å². The smallest absolute Gasteiger partial charge is 0.194 e. The van der Waals surface area contributed by atoms with Crippen LogP contribution in [0.5, 0.6) is 0 Å². The number of hydrogen-bond donors (Lipinski definition) is 3. The number of amidine groups is 1. The van der Waals surface area contributed by atoms with Gasteiger partial charge in [0.15, 0.2) is 11.8 Å². The molecule has 0 amide bonds. The molecule has 0 radical (unpaired) electrons. The van der Waals surface area contributed by atoms with Crippen LogP contribution in [0.4, 0.5) is 0 Å². The average molecular weight is 249 g/mol. The zero-order valence-electron chi connectivity index (χ0n) is 11.5. The van der Waals surface area contributed by atoms with Crippen molar-refractivity contribution >= 4 is 17.5 Å². The van der Waals surface area contributed by atoms with Crippen molar-refractivity contribution in [3.05, 3.63) is 24.3 Å². The van der Waals surface area contributed by atoms with Gasteiger partial charge in [-0.15, -0.1) is 0 Å². The highest BCUT2D eigenvalue weighted by molar-refractivity contribution is 6.46. The Morgan fingerprint density at radius 1 is 1.33 bits per heavy atom. The van der Waals surface area contributed by atoms with Gasteiger partial charge in [-0.2, -0.15) is 0 Å². The fourth-order valence-electron chi connectivity index (χ4n) is 1.29. The van der Waals surface area contributed by atoms with Crippen LogP contribution in [-0.4, -0.2) is 36.0 Å². The summed E-state index contributed by atoms with van der Waals surface area (Å²) < 4.78 is 0. The maximum Gasteiger partial charge on any atom is 0.194 e. The monoisotopic (exact) mass is 249 g/mol. The van der Waals surface area contributed by atoms with Gasteiger partial charge in [0.25, 0.3) is 0 Å². The lowest BCUT2D eigenvalue weighted by Gasteiger charge is -2.22. The molecule has 5 heteroatoms. The summed E-state index contributed by atoms with van der Waals surface area (Å²) in [4.78, 5) is 5.48. The molecule has 0 unspecified atom stereocenters. The van der Waals surface area contributed by atoms with E-state index < -0.39 is 0 Å². The zero-order valence-corrected chi connectivity index (χ0v) is 11.5. The van der Waals surface area contributed by atoms with E-state index in [1.54, 1.807) is 13.1 Å². The third kappa shape index (κ3) is 4.95. The Bertz CT molecular complexity index is 379. The minimum Gasteiger partial charge on any atom is -0.370 e. The summed E-state index contributed by atoms with van der Waals surface area (Å²) in [5.41, 5.74) is 6.93. The van der Waals surface area contributed by atoms with Crippen LogP contribution in [0.15, 0.2) is 29.3 Å². The molecule has 18 heavy (non-hydrogen) atoms. The van der Waals surface area contributed by atoms with E-state index in [1.165, 1.54) is 4.90 Å². The Morgan fingerprint density at radius 2 is 1.94 bits per heavy atom. The summed E-state index contributed by atoms with van der Waals surface area (Å²) in [6, 6.07) is 0. The zero-order chi connectivity index (χ0) is 14.1. The van der Waals surface area contributed by atoms with Gasteiger partial charge >= 0.3 is 0 Å². The molecule has 100 valence electrons. The number of aliphatic imine (C=N–C) groups is 1. The van der Waals surface area contributed by atoms with Crippen LogP contribution in [-0.2, 0) is 0 Å². The minimum absolute atomic E-state index is 0.134. The van der Waals surface area contributed by atoms with Crippen LogP contribution in [0.2, 0.25) is 0 Å². The molecular weight excluding hydrogens is 226 g/mol. The van der Waals surface area contributed by atoms with E-state index in [9.17, 15) is 0 Å². The van der Waals surface area contributed by atoms with E-state index in [0.717, 1.165) is 18.4 Å². The van der Waals surface area contributed by atoms with Crippen LogP contribution in [0, 0.1) is 10.8 Å². The van der Waals surface area contributed by atoms with Crippen LogP contribution < -0.4 is 5.73 Å². The van der Waals surface area contributed by atoms with Crippen molar-refractivity contribution in [3.63, 3.8) is 0 Å². The Morgan fingerprint density at radius 3 is 2.33 bits per heavy atom. The maximum atomic E-state index is 8.03. The number of guanidine groups is 1. The SMILES string of the molecule is C=C(C=CC(=NC)C(=N)N(CCC)C(=N)N)CC. The molecule has 0 saturated carbocycles. The topological polar surface area (TPSA) is 89.3 Å². The Hall–Kier alpha value is -1.91. The van der Waals surface area contributed by atoms with Crippen LogP contribution >= 0.6 is 0 Å². The molecule has 0 rings (SSSR count). The average Bonchev–Trinajstić information content (AvgIpc) is 2.35. The summed E-state index contributed by atoms with van der Waals surface area (Å²) >= 11 is 0. The molecule has 0 bridgehead atoms. The highest BCUT2D eigenvalue weighted by Gasteiger charge is 2.15. The highest BCUT2D eigenvalue weighted by Crippen LogP contribution is 2.01. The van der Waals surface area contributed by atoms with E-state index in [-0.39, 0.29) is 11.8 Å². The van der Waals surface area contributed by atoms with E-state index in [0.29, 0.717) is 12.3 Å². The largest absolute Gasteiger partial charge is 0.370 e. The number of hydrogen-bond acceptors (Lipinski definition) is 3. The van der Waals surface area contributed by atoms with Crippen molar-refractivity contribution in [2.75, 3.05) is 13.6 Å². The van der Waals surface area contributed by atoms with E-state index >= 15 is 0 Å². The quantitative estimate of drug-likeness (QED) is 0.382. The molecule has 0 aromatic rings. The minimum atomic E-state index is -0.134. The van der Waals surface area contributed by atoms with E-state index in [2.05, 4.69) is 11.6 Å². The summed E-state index contributed by atoms with van der Waals surface area (Å²) in [6.45, 7) is 8.39. The second-order valence-corrected chi connectivity index (χ2v) is 3.84.